The largest absolute Gasteiger partial charge is 0.379 e. The van der Waals surface area contributed by atoms with Crippen molar-refractivity contribution in [1.82, 2.24) is 0 Å². The molecule has 0 aliphatic rings. The fourth-order valence-corrected chi connectivity index (χ4v) is 4.33. The van der Waals surface area contributed by atoms with Crippen molar-refractivity contribution in [3.63, 3.8) is 0 Å². The Bertz CT molecular complexity index is 868. The van der Waals surface area contributed by atoms with Crippen molar-refractivity contribution in [3.05, 3.63) is 54.1 Å². The van der Waals surface area contributed by atoms with E-state index in [4.69, 9.17) is 4.18 Å². The van der Waals surface area contributed by atoms with E-state index in [-0.39, 0.29) is 15.5 Å². The Morgan fingerprint density at radius 1 is 0.857 bits per heavy atom. The van der Waals surface area contributed by atoms with Crippen molar-refractivity contribution in [1.29, 1.82) is 0 Å². The van der Waals surface area contributed by atoms with Crippen LogP contribution in [-0.4, -0.2) is 23.1 Å². The van der Waals surface area contributed by atoms with Gasteiger partial charge in [-0.2, -0.15) is 8.42 Å². The zero-order chi connectivity index (χ0) is 15.7. The van der Waals surface area contributed by atoms with Crippen LogP contribution in [0.4, 0.5) is 0 Å². The first-order valence-electron chi connectivity index (χ1n) is 6.00. The lowest BCUT2D eigenvalue weighted by Crippen LogP contribution is -2.14. The van der Waals surface area contributed by atoms with Crippen LogP contribution in [0.3, 0.4) is 0 Å². The Kier molecular flexibility index (Phi) is 4.06. The number of benzene rings is 2. The Balaban J connectivity index is 2.51. The molecule has 0 aliphatic heterocycles. The Hall–Kier alpha value is -1.86. The fraction of sp³-hybridized carbons (Fsp3) is 0.143. The first-order valence-corrected chi connectivity index (χ1v) is 9.30. The molecular weight excluding hydrogens is 312 g/mol. The molecule has 0 aliphatic carbocycles. The predicted molar refractivity (Wildman–Crippen MR) is 78.5 cm³/mol. The summed E-state index contributed by atoms with van der Waals surface area (Å²) in [4.78, 5) is -0.647. The molecule has 2 aromatic carbocycles. The van der Waals surface area contributed by atoms with E-state index in [1.807, 2.05) is 0 Å². The van der Waals surface area contributed by atoms with E-state index in [1.54, 1.807) is 25.1 Å². The summed E-state index contributed by atoms with van der Waals surface area (Å²) < 4.78 is 53.0. The van der Waals surface area contributed by atoms with Crippen molar-refractivity contribution in [2.45, 2.75) is 16.7 Å². The van der Waals surface area contributed by atoms with Gasteiger partial charge in [-0.3, -0.25) is 0 Å². The topological polar surface area (TPSA) is 77.5 Å². The zero-order valence-electron chi connectivity index (χ0n) is 11.5. The van der Waals surface area contributed by atoms with Gasteiger partial charge in [0.2, 0.25) is 0 Å². The van der Waals surface area contributed by atoms with Gasteiger partial charge in [-0.05, 0) is 36.8 Å². The van der Waals surface area contributed by atoms with Crippen molar-refractivity contribution in [2.24, 2.45) is 0 Å². The molecule has 0 N–H and O–H groups in total. The molecule has 0 heterocycles. The lowest BCUT2D eigenvalue weighted by atomic mass is 10.2. The van der Waals surface area contributed by atoms with Crippen molar-refractivity contribution in [3.8, 4) is 5.75 Å². The summed E-state index contributed by atoms with van der Waals surface area (Å²) in [7, 11) is -7.90. The van der Waals surface area contributed by atoms with Gasteiger partial charge in [-0.15, -0.1) is 0 Å². The summed E-state index contributed by atoms with van der Waals surface area (Å²) >= 11 is 0. The molecule has 7 heteroatoms. The van der Waals surface area contributed by atoms with Crippen molar-refractivity contribution in [2.75, 3.05) is 6.26 Å². The molecule has 21 heavy (non-hydrogen) atoms. The summed E-state index contributed by atoms with van der Waals surface area (Å²) in [6.07, 6.45) is 0.952. The third-order valence-electron chi connectivity index (χ3n) is 2.71. The quantitative estimate of drug-likeness (QED) is 0.805. The SMILES string of the molecule is Cc1cccc(OS(=O)(=O)c2ccccc2S(C)(=O)=O)c1. The molecule has 0 radical (unpaired) electrons. The van der Waals surface area contributed by atoms with Gasteiger partial charge in [0.05, 0.1) is 4.90 Å². The van der Waals surface area contributed by atoms with E-state index in [1.165, 1.54) is 30.3 Å². The van der Waals surface area contributed by atoms with Gasteiger partial charge in [0.25, 0.3) is 0 Å². The van der Waals surface area contributed by atoms with E-state index in [0.717, 1.165) is 11.8 Å². The van der Waals surface area contributed by atoms with Crippen LogP contribution in [-0.2, 0) is 20.0 Å². The number of hydrogen-bond donors (Lipinski definition) is 0. The molecule has 0 saturated heterocycles. The smallest absolute Gasteiger partial charge is 0.340 e. The summed E-state index contributed by atoms with van der Waals surface area (Å²) in [5, 5.41) is 0. The first-order chi connectivity index (χ1) is 9.70. The van der Waals surface area contributed by atoms with Crippen LogP contribution in [0.25, 0.3) is 0 Å². The molecule has 0 atom stereocenters. The van der Waals surface area contributed by atoms with Gasteiger partial charge in [0.15, 0.2) is 9.84 Å². The lowest BCUT2D eigenvalue weighted by Gasteiger charge is -2.10. The highest BCUT2D eigenvalue weighted by atomic mass is 32.2. The Morgan fingerprint density at radius 3 is 2.05 bits per heavy atom. The monoisotopic (exact) mass is 326 g/mol. The van der Waals surface area contributed by atoms with Crippen LogP contribution in [0.15, 0.2) is 58.3 Å². The average Bonchev–Trinajstić information content (AvgIpc) is 2.37. The average molecular weight is 326 g/mol. The molecule has 112 valence electrons. The standard InChI is InChI=1S/C14H14O5S2/c1-11-6-5-7-12(10-11)19-21(17,18)14-9-4-3-8-13(14)20(2,15)16/h3-10H,1-2H3. The van der Waals surface area contributed by atoms with Crippen molar-refractivity contribution >= 4 is 20.0 Å². The van der Waals surface area contributed by atoms with E-state index < -0.39 is 20.0 Å². The van der Waals surface area contributed by atoms with Crippen LogP contribution < -0.4 is 4.18 Å². The van der Waals surface area contributed by atoms with Crippen molar-refractivity contribution < 1.29 is 21.0 Å². The highest BCUT2D eigenvalue weighted by Crippen LogP contribution is 2.24. The maximum atomic E-state index is 12.3. The van der Waals surface area contributed by atoms with Crippen LogP contribution in [0.2, 0.25) is 0 Å². The van der Waals surface area contributed by atoms with Gasteiger partial charge in [0.1, 0.15) is 10.6 Å². The fourth-order valence-electron chi connectivity index (χ4n) is 1.80. The van der Waals surface area contributed by atoms with Crippen LogP contribution >= 0.6 is 0 Å². The second-order valence-electron chi connectivity index (χ2n) is 4.57. The molecule has 0 saturated carbocycles. The molecule has 2 aromatic rings. The maximum absolute atomic E-state index is 12.3. The minimum atomic E-state index is -4.22. The summed E-state index contributed by atoms with van der Waals surface area (Å²) in [6, 6.07) is 11.9. The molecule has 0 aromatic heterocycles. The molecule has 5 nitrogen and oxygen atoms in total. The highest BCUT2D eigenvalue weighted by Gasteiger charge is 2.25. The minimum Gasteiger partial charge on any atom is -0.379 e. The zero-order valence-corrected chi connectivity index (χ0v) is 13.1. The van der Waals surface area contributed by atoms with E-state index >= 15 is 0 Å². The molecular formula is C14H14O5S2. The highest BCUT2D eigenvalue weighted by molar-refractivity contribution is 7.92. The third kappa shape index (κ3) is 3.62. The predicted octanol–water partition coefficient (Wildman–Crippen LogP) is 2.17. The first kappa shape index (κ1) is 15.5. The number of sulfone groups is 1. The second kappa shape index (κ2) is 5.50. The normalized spacial score (nSPS) is 12.1. The number of hydrogen-bond acceptors (Lipinski definition) is 5. The van der Waals surface area contributed by atoms with Gasteiger partial charge < -0.3 is 4.18 Å². The molecule has 0 bridgehead atoms. The number of aryl methyl sites for hydroxylation is 1. The second-order valence-corrected chi connectivity index (χ2v) is 8.07. The molecule has 0 spiro atoms. The third-order valence-corrected chi connectivity index (χ3v) is 5.30. The van der Waals surface area contributed by atoms with Gasteiger partial charge in [-0.1, -0.05) is 24.3 Å². The van der Waals surface area contributed by atoms with E-state index in [9.17, 15) is 16.8 Å². The van der Waals surface area contributed by atoms with Crippen LogP contribution in [0.5, 0.6) is 5.75 Å². The maximum Gasteiger partial charge on any atom is 0.340 e. The number of rotatable bonds is 4. The van der Waals surface area contributed by atoms with E-state index in [2.05, 4.69) is 0 Å². The summed E-state index contributed by atoms with van der Waals surface area (Å²) in [6.45, 7) is 1.80. The lowest BCUT2D eigenvalue weighted by molar-refractivity contribution is 0.483. The van der Waals surface area contributed by atoms with E-state index in [0.29, 0.717) is 0 Å². The molecule has 0 amide bonds. The van der Waals surface area contributed by atoms with Crippen LogP contribution in [0, 0.1) is 6.92 Å². The minimum absolute atomic E-state index is 0.137. The summed E-state index contributed by atoms with van der Waals surface area (Å²) in [5.41, 5.74) is 0.832. The van der Waals surface area contributed by atoms with Gasteiger partial charge >= 0.3 is 10.1 Å². The molecule has 0 fully saturated rings. The van der Waals surface area contributed by atoms with Gasteiger partial charge in [0, 0.05) is 6.26 Å². The molecule has 2 rings (SSSR count). The Morgan fingerprint density at radius 2 is 1.48 bits per heavy atom. The Labute approximate surface area is 124 Å². The summed E-state index contributed by atoms with van der Waals surface area (Å²) in [5.74, 6) is 0.137. The van der Waals surface area contributed by atoms with Gasteiger partial charge in [-0.25, -0.2) is 8.42 Å². The van der Waals surface area contributed by atoms with Crippen LogP contribution in [0.1, 0.15) is 5.56 Å². The molecule has 0 unspecified atom stereocenters.